The van der Waals surface area contributed by atoms with Crippen LogP contribution in [0.3, 0.4) is 0 Å². The smallest absolute Gasteiger partial charge is 0.00723 e. The van der Waals surface area contributed by atoms with Crippen LogP contribution in [0.15, 0.2) is 0 Å². The SMILES string of the molecule is CCC(CCN)CCCN1CCCSCC1. The molecule has 2 N–H and O–H groups in total. The van der Waals surface area contributed by atoms with Gasteiger partial charge >= 0.3 is 0 Å². The third kappa shape index (κ3) is 6.12. The van der Waals surface area contributed by atoms with Gasteiger partial charge in [0.1, 0.15) is 0 Å². The van der Waals surface area contributed by atoms with Crippen molar-refractivity contribution >= 4 is 11.8 Å². The molecule has 0 aliphatic carbocycles. The highest BCUT2D eigenvalue weighted by atomic mass is 32.2. The quantitative estimate of drug-likeness (QED) is 0.746. The standard InChI is InChI=1S/C13H28N2S/c1-2-13(6-7-14)5-3-8-15-9-4-11-16-12-10-15/h13H,2-12,14H2,1H3. The van der Waals surface area contributed by atoms with Crippen LogP contribution in [0.1, 0.15) is 39.0 Å². The summed E-state index contributed by atoms with van der Waals surface area (Å²) in [6, 6.07) is 0. The monoisotopic (exact) mass is 244 g/mol. The molecule has 1 aliphatic rings. The van der Waals surface area contributed by atoms with Gasteiger partial charge in [0.05, 0.1) is 0 Å². The van der Waals surface area contributed by atoms with Gasteiger partial charge in [-0.25, -0.2) is 0 Å². The highest BCUT2D eigenvalue weighted by molar-refractivity contribution is 7.99. The van der Waals surface area contributed by atoms with Gasteiger partial charge in [-0.1, -0.05) is 13.3 Å². The van der Waals surface area contributed by atoms with Crippen LogP contribution < -0.4 is 5.73 Å². The van der Waals surface area contributed by atoms with Crippen LogP contribution in [-0.2, 0) is 0 Å². The Kier molecular flexibility index (Phi) is 8.34. The van der Waals surface area contributed by atoms with E-state index in [1.807, 2.05) is 0 Å². The molecule has 1 heterocycles. The summed E-state index contributed by atoms with van der Waals surface area (Å²) in [6.45, 7) is 7.09. The van der Waals surface area contributed by atoms with E-state index in [0.29, 0.717) is 0 Å². The highest BCUT2D eigenvalue weighted by Gasteiger charge is 2.10. The lowest BCUT2D eigenvalue weighted by atomic mass is 9.96. The Bertz CT molecular complexity index is 156. The maximum atomic E-state index is 5.63. The molecule has 0 bridgehead atoms. The molecule has 1 aliphatic heterocycles. The van der Waals surface area contributed by atoms with Crippen LogP contribution in [0.5, 0.6) is 0 Å². The zero-order chi connectivity index (χ0) is 11.6. The molecule has 0 radical (unpaired) electrons. The van der Waals surface area contributed by atoms with Crippen LogP contribution in [0.25, 0.3) is 0 Å². The van der Waals surface area contributed by atoms with Crippen LogP contribution in [0.4, 0.5) is 0 Å². The molecule has 3 heteroatoms. The molecule has 1 rings (SSSR count). The van der Waals surface area contributed by atoms with Crippen molar-refractivity contribution in [3.63, 3.8) is 0 Å². The summed E-state index contributed by atoms with van der Waals surface area (Å²) < 4.78 is 0. The summed E-state index contributed by atoms with van der Waals surface area (Å²) in [4.78, 5) is 2.65. The second-order valence-corrected chi connectivity index (χ2v) is 6.03. The number of thioether (sulfide) groups is 1. The van der Waals surface area contributed by atoms with E-state index in [1.54, 1.807) is 0 Å². The minimum atomic E-state index is 0.860. The van der Waals surface area contributed by atoms with E-state index >= 15 is 0 Å². The van der Waals surface area contributed by atoms with Crippen LogP contribution >= 0.6 is 11.8 Å². The van der Waals surface area contributed by atoms with E-state index in [9.17, 15) is 0 Å². The van der Waals surface area contributed by atoms with Gasteiger partial charge < -0.3 is 10.6 Å². The Hall–Kier alpha value is 0.270. The van der Waals surface area contributed by atoms with Crippen molar-refractivity contribution in [1.82, 2.24) is 4.90 Å². The summed E-state index contributed by atoms with van der Waals surface area (Å²) in [7, 11) is 0. The third-order valence-corrected chi connectivity index (χ3v) is 4.60. The largest absolute Gasteiger partial charge is 0.330 e. The van der Waals surface area contributed by atoms with Crippen LogP contribution in [0.2, 0.25) is 0 Å². The van der Waals surface area contributed by atoms with Gasteiger partial charge in [0.25, 0.3) is 0 Å². The van der Waals surface area contributed by atoms with Crippen molar-refractivity contribution in [2.24, 2.45) is 11.7 Å². The minimum absolute atomic E-state index is 0.860. The van der Waals surface area contributed by atoms with Gasteiger partial charge in [-0.05, 0) is 57.0 Å². The Morgan fingerprint density at radius 3 is 2.88 bits per heavy atom. The molecule has 16 heavy (non-hydrogen) atoms. The predicted octanol–water partition coefficient (Wildman–Crippen LogP) is 2.58. The molecule has 0 aromatic carbocycles. The molecule has 2 nitrogen and oxygen atoms in total. The molecule has 96 valence electrons. The second-order valence-electron chi connectivity index (χ2n) is 4.80. The lowest BCUT2D eigenvalue weighted by Gasteiger charge is -2.21. The van der Waals surface area contributed by atoms with E-state index in [2.05, 4.69) is 23.6 Å². The van der Waals surface area contributed by atoms with Crippen molar-refractivity contribution in [2.75, 3.05) is 37.7 Å². The predicted molar refractivity (Wildman–Crippen MR) is 75.1 cm³/mol. The molecular formula is C13H28N2S. The number of rotatable bonds is 7. The van der Waals surface area contributed by atoms with Crippen molar-refractivity contribution in [2.45, 2.75) is 39.0 Å². The molecule has 0 aromatic rings. The van der Waals surface area contributed by atoms with Crippen molar-refractivity contribution in [3.8, 4) is 0 Å². The first-order valence-electron chi connectivity index (χ1n) is 6.87. The van der Waals surface area contributed by atoms with Crippen LogP contribution in [0, 0.1) is 5.92 Å². The average Bonchev–Trinajstić information content (AvgIpc) is 2.56. The van der Waals surface area contributed by atoms with Crippen molar-refractivity contribution in [1.29, 1.82) is 0 Å². The van der Waals surface area contributed by atoms with Gasteiger partial charge in [-0.2, -0.15) is 11.8 Å². The molecule has 1 unspecified atom stereocenters. The maximum absolute atomic E-state index is 5.63. The number of hydrogen-bond acceptors (Lipinski definition) is 3. The normalized spacial score (nSPS) is 20.6. The third-order valence-electron chi connectivity index (χ3n) is 3.55. The van der Waals surface area contributed by atoms with Gasteiger partial charge in [0, 0.05) is 12.3 Å². The van der Waals surface area contributed by atoms with E-state index in [0.717, 1.165) is 12.5 Å². The number of hydrogen-bond donors (Lipinski definition) is 1. The fourth-order valence-corrected chi connectivity index (χ4v) is 3.34. The Morgan fingerprint density at radius 2 is 2.12 bits per heavy atom. The summed E-state index contributed by atoms with van der Waals surface area (Å²) in [5.74, 6) is 3.56. The summed E-state index contributed by atoms with van der Waals surface area (Å²) in [6.07, 6.45) is 6.63. The first kappa shape index (κ1) is 14.3. The number of nitrogens with two attached hydrogens (primary N) is 1. The summed E-state index contributed by atoms with van der Waals surface area (Å²) in [5, 5.41) is 0. The molecule has 0 saturated carbocycles. The van der Waals surface area contributed by atoms with Gasteiger partial charge in [0.15, 0.2) is 0 Å². The molecule has 0 spiro atoms. The number of nitrogens with zero attached hydrogens (tertiary/aromatic N) is 1. The maximum Gasteiger partial charge on any atom is 0.00723 e. The van der Waals surface area contributed by atoms with E-state index in [1.165, 1.54) is 63.2 Å². The fraction of sp³-hybridized carbons (Fsp3) is 1.00. The summed E-state index contributed by atoms with van der Waals surface area (Å²) in [5.41, 5.74) is 5.63. The summed E-state index contributed by atoms with van der Waals surface area (Å²) >= 11 is 2.11. The van der Waals surface area contributed by atoms with Crippen molar-refractivity contribution < 1.29 is 0 Å². The second kappa shape index (κ2) is 9.32. The topological polar surface area (TPSA) is 29.3 Å². The van der Waals surface area contributed by atoms with E-state index < -0.39 is 0 Å². The molecule has 1 atom stereocenters. The Morgan fingerprint density at radius 1 is 1.25 bits per heavy atom. The first-order chi connectivity index (χ1) is 7.86. The van der Waals surface area contributed by atoms with Gasteiger partial charge in [0.2, 0.25) is 0 Å². The highest BCUT2D eigenvalue weighted by Crippen LogP contribution is 2.16. The molecule has 1 saturated heterocycles. The lowest BCUT2D eigenvalue weighted by Crippen LogP contribution is -2.27. The Labute approximate surface area is 105 Å². The average molecular weight is 244 g/mol. The zero-order valence-corrected chi connectivity index (χ0v) is 11.6. The first-order valence-corrected chi connectivity index (χ1v) is 8.02. The molecular weight excluding hydrogens is 216 g/mol. The Balaban J connectivity index is 2.08. The van der Waals surface area contributed by atoms with E-state index in [4.69, 9.17) is 5.73 Å². The molecule has 0 amide bonds. The van der Waals surface area contributed by atoms with E-state index in [-0.39, 0.29) is 0 Å². The molecule has 1 fully saturated rings. The van der Waals surface area contributed by atoms with Gasteiger partial charge in [-0.15, -0.1) is 0 Å². The molecule has 0 aromatic heterocycles. The minimum Gasteiger partial charge on any atom is -0.330 e. The van der Waals surface area contributed by atoms with Crippen molar-refractivity contribution in [3.05, 3.63) is 0 Å². The van der Waals surface area contributed by atoms with Crippen LogP contribution in [-0.4, -0.2) is 42.6 Å². The van der Waals surface area contributed by atoms with Gasteiger partial charge in [-0.3, -0.25) is 0 Å². The fourth-order valence-electron chi connectivity index (χ4n) is 2.41. The lowest BCUT2D eigenvalue weighted by molar-refractivity contribution is 0.276. The zero-order valence-electron chi connectivity index (χ0n) is 10.8.